The summed E-state index contributed by atoms with van der Waals surface area (Å²) in [5.41, 5.74) is 4.51. The molecule has 2 heterocycles. The van der Waals surface area contributed by atoms with Crippen LogP contribution in [0, 0.1) is 20.8 Å². The van der Waals surface area contributed by atoms with Gasteiger partial charge in [0.15, 0.2) is 0 Å². The maximum Gasteiger partial charge on any atom is 0.225 e. The van der Waals surface area contributed by atoms with Crippen molar-refractivity contribution < 1.29 is 0 Å². The highest BCUT2D eigenvalue weighted by atomic mass is 32.2. The largest absolute Gasteiger partial charge is 0.309 e. The Hall–Kier alpha value is -2.41. The first kappa shape index (κ1) is 17.4. The SMILES string of the molecule is CCSc1n[nH]c(Nc2nc(C)nc(C)c2Cc2ccc(C)cc2)n1. The van der Waals surface area contributed by atoms with E-state index in [-0.39, 0.29) is 0 Å². The molecule has 0 aliphatic carbocycles. The molecule has 2 N–H and O–H groups in total. The molecule has 0 aliphatic rings. The van der Waals surface area contributed by atoms with Gasteiger partial charge in [-0.25, -0.2) is 15.1 Å². The molecule has 3 aromatic rings. The van der Waals surface area contributed by atoms with Gasteiger partial charge in [0.2, 0.25) is 11.1 Å². The molecule has 0 fully saturated rings. The zero-order valence-corrected chi connectivity index (χ0v) is 15.7. The Morgan fingerprint density at radius 1 is 1.04 bits per heavy atom. The molecule has 3 rings (SSSR count). The molecule has 0 saturated heterocycles. The summed E-state index contributed by atoms with van der Waals surface area (Å²) in [6.45, 7) is 8.08. The minimum Gasteiger partial charge on any atom is -0.309 e. The summed E-state index contributed by atoms with van der Waals surface area (Å²) in [6, 6.07) is 8.53. The van der Waals surface area contributed by atoms with E-state index in [1.807, 2.05) is 13.8 Å². The molecule has 0 unspecified atom stereocenters. The van der Waals surface area contributed by atoms with Crippen LogP contribution in [0.5, 0.6) is 0 Å². The Labute approximate surface area is 151 Å². The van der Waals surface area contributed by atoms with Gasteiger partial charge in [-0.2, -0.15) is 4.98 Å². The highest BCUT2D eigenvalue weighted by Crippen LogP contribution is 2.23. The summed E-state index contributed by atoms with van der Waals surface area (Å²) in [4.78, 5) is 13.5. The number of H-pyrrole nitrogens is 1. The second-order valence-corrected chi connectivity index (χ2v) is 7.10. The first-order valence-corrected chi connectivity index (χ1v) is 9.25. The Morgan fingerprint density at radius 2 is 1.80 bits per heavy atom. The molecule has 0 amide bonds. The van der Waals surface area contributed by atoms with E-state index >= 15 is 0 Å². The quantitative estimate of drug-likeness (QED) is 0.652. The molecular weight excluding hydrogens is 332 g/mol. The molecule has 0 bridgehead atoms. The van der Waals surface area contributed by atoms with Crippen LogP contribution >= 0.6 is 11.8 Å². The summed E-state index contributed by atoms with van der Waals surface area (Å²) >= 11 is 1.59. The van der Waals surface area contributed by atoms with Crippen LogP contribution in [0.25, 0.3) is 0 Å². The Kier molecular flexibility index (Phi) is 5.33. The molecule has 6 nitrogen and oxygen atoms in total. The molecule has 0 spiro atoms. The van der Waals surface area contributed by atoms with Crippen LogP contribution in [-0.4, -0.2) is 30.9 Å². The van der Waals surface area contributed by atoms with Gasteiger partial charge in [0.1, 0.15) is 11.6 Å². The summed E-state index contributed by atoms with van der Waals surface area (Å²) < 4.78 is 0. The second-order valence-electron chi connectivity index (χ2n) is 5.87. The van der Waals surface area contributed by atoms with Gasteiger partial charge >= 0.3 is 0 Å². The number of hydrogen-bond acceptors (Lipinski definition) is 6. The van der Waals surface area contributed by atoms with E-state index in [0.29, 0.717) is 5.95 Å². The van der Waals surface area contributed by atoms with Crippen LogP contribution < -0.4 is 5.32 Å². The first-order chi connectivity index (χ1) is 12.0. The van der Waals surface area contributed by atoms with Crippen molar-refractivity contribution >= 4 is 23.5 Å². The fourth-order valence-electron chi connectivity index (χ4n) is 2.57. The Morgan fingerprint density at radius 3 is 2.52 bits per heavy atom. The number of aromatic amines is 1. The molecule has 25 heavy (non-hydrogen) atoms. The number of thioether (sulfide) groups is 1. The van der Waals surface area contributed by atoms with Gasteiger partial charge in [-0.1, -0.05) is 48.5 Å². The van der Waals surface area contributed by atoms with E-state index in [1.165, 1.54) is 11.1 Å². The summed E-state index contributed by atoms with van der Waals surface area (Å²) in [7, 11) is 0. The lowest BCUT2D eigenvalue weighted by Crippen LogP contribution is -2.07. The predicted molar refractivity (Wildman–Crippen MR) is 102 cm³/mol. The molecule has 7 heteroatoms. The Balaban J connectivity index is 1.90. The van der Waals surface area contributed by atoms with Crippen LogP contribution in [0.1, 0.15) is 35.1 Å². The van der Waals surface area contributed by atoms with Crippen molar-refractivity contribution in [3.05, 3.63) is 52.5 Å². The lowest BCUT2D eigenvalue weighted by atomic mass is 10.0. The van der Waals surface area contributed by atoms with Gasteiger partial charge < -0.3 is 5.32 Å². The number of aromatic nitrogens is 5. The van der Waals surface area contributed by atoms with Gasteiger partial charge in [-0.05, 0) is 32.1 Å². The average Bonchev–Trinajstić information content (AvgIpc) is 3.00. The van der Waals surface area contributed by atoms with Gasteiger partial charge in [0.05, 0.1) is 0 Å². The lowest BCUT2D eigenvalue weighted by molar-refractivity contribution is 0.959. The van der Waals surface area contributed by atoms with Crippen LogP contribution in [-0.2, 0) is 6.42 Å². The normalized spacial score (nSPS) is 10.9. The number of nitrogens with zero attached hydrogens (tertiary/aromatic N) is 4. The topological polar surface area (TPSA) is 79.4 Å². The standard InChI is InChI=1S/C18H22N6S/c1-5-25-18-22-17(23-24-18)21-16-15(12(3)19-13(4)20-16)10-14-8-6-11(2)7-9-14/h6-9H,5,10H2,1-4H3,(H2,19,20,21,22,23,24). The molecule has 1 aromatic carbocycles. The summed E-state index contributed by atoms with van der Waals surface area (Å²) in [5.74, 6) is 3.03. The van der Waals surface area contributed by atoms with Crippen molar-refractivity contribution in [3.8, 4) is 0 Å². The van der Waals surface area contributed by atoms with E-state index in [9.17, 15) is 0 Å². The van der Waals surface area contributed by atoms with Crippen LogP contribution in [0.3, 0.4) is 0 Å². The van der Waals surface area contributed by atoms with E-state index in [4.69, 9.17) is 0 Å². The fraction of sp³-hybridized carbons (Fsp3) is 0.333. The van der Waals surface area contributed by atoms with E-state index < -0.39 is 0 Å². The third-order valence-electron chi connectivity index (χ3n) is 3.80. The lowest BCUT2D eigenvalue weighted by Gasteiger charge is -2.13. The third kappa shape index (κ3) is 4.36. The smallest absolute Gasteiger partial charge is 0.225 e. The minimum absolute atomic E-state index is 0.596. The van der Waals surface area contributed by atoms with Gasteiger partial charge in [-0.15, -0.1) is 5.10 Å². The zero-order valence-electron chi connectivity index (χ0n) is 14.9. The monoisotopic (exact) mass is 354 g/mol. The molecule has 0 aliphatic heterocycles. The minimum atomic E-state index is 0.596. The van der Waals surface area contributed by atoms with Crippen molar-refractivity contribution in [2.24, 2.45) is 0 Å². The summed E-state index contributed by atoms with van der Waals surface area (Å²) in [5, 5.41) is 11.1. The van der Waals surface area contributed by atoms with Crippen LogP contribution in [0.15, 0.2) is 29.4 Å². The maximum absolute atomic E-state index is 4.58. The third-order valence-corrected chi connectivity index (χ3v) is 4.53. The van der Waals surface area contributed by atoms with Crippen LogP contribution in [0.2, 0.25) is 0 Å². The Bertz CT molecular complexity index is 857. The van der Waals surface area contributed by atoms with Crippen LogP contribution in [0.4, 0.5) is 11.8 Å². The van der Waals surface area contributed by atoms with Crippen molar-refractivity contribution in [2.45, 2.75) is 39.3 Å². The van der Waals surface area contributed by atoms with Gasteiger partial charge in [0.25, 0.3) is 0 Å². The second kappa shape index (κ2) is 7.65. The molecule has 0 radical (unpaired) electrons. The number of nitrogens with one attached hydrogen (secondary N) is 2. The molecule has 0 saturated carbocycles. The van der Waals surface area contributed by atoms with Gasteiger partial charge in [-0.3, -0.25) is 0 Å². The summed E-state index contributed by atoms with van der Waals surface area (Å²) in [6.07, 6.45) is 0.763. The van der Waals surface area contributed by atoms with Crippen molar-refractivity contribution in [2.75, 3.05) is 11.1 Å². The molecular formula is C18H22N6S. The zero-order chi connectivity index (χ0) is 17.8. The van der Waals surface area contributed by atoms with E-state index in [2.05, 4.69) is 68.6 Å². The van der Waals surface area contributed by atoms with Crippen molar-refractivity contribution in [1.29, 1.82) is 0 Å². The first-order valence-electron chi connectivity index (χ1n) is 8.27. The number of aryl methyl sites for hydroxylation is 3. The van der Waals surface area contributed by atoms with Crippen molar-refractivity contribution in [1.82, 2.24) is 25.1 Å². The highest BCUT2D eigenvalue weighted by Gasteiger charge is 2.13. The number of anilines is 2. The number of benzene rings is 1. The molecule has 2 aromatic heterocycles. The van der Waals surface area contributed by atoms with Crippen molar-refractivity contribution in [3.63, 3.8) is 0 Å². The number of hydrogen-bond donors (Lipinski definition) is 2. The van der Waals surface area contributed by atoms with E-state index in [0.717, 1.165) is 40.2 Å². The van der Waals surface area contributed by atoms with Gasteiger partial charge in [0, 0.05) is 17.7 Å². The maximum atomic E-state index is 4.58. The fourth-order valence-corrected chi connectivity index (χ4v) is 3.09. The molecule has 130 valence electrons. The molecule has 0 atom stereocenters. The van der Waals surface area contributed by atoms with E-state index in [1.54, 1.807) is 11.8 Å². The number of rotatable bonds is 6. The highest BCUT2D eigenvalue weighted by molar-refractivity contribution is 7.99. The predicted octanol–water partition coefficient (Wildman–Crippen LogP) is 3.97. The average molecular weight is 354 g/mol.